The Balaban J connectivity index is 1.49. The Hall–Kier alpha value is -2.24. The third kappa shape index (κ3) is 4.63. The fourth-order valence-electron chi connectivity index (χ4n) is 2.17. The Morgan fingerprint density at radius 1 is 1.17 bits per heavy atom. The number of thioether (sulfide) groups is 1. The minimum Gasteiger partial charge on any atom is -0.351 e. The molecule has 1 amide bonds. The number of aromatic nitrogens is 2. The summed E-state index contributed by atoms with van der Waals surface area (Å²) < 4.78 is 0. The van der Waals surface area contributed by atoms with E-state index in [0.29, 0.717) is 17.3 Å². The molecule has 0 bridgehead atoms. The summed E-state index contributed by atoms with van der Waals surface area (Å²) in [5.41, 5.74) is 2.99. The monoisotopic (exact) mass is 357 g/mol. The molecule has 1 aromatic heterocycles. The molecule has 0 spiro atoms. The third-order valence-electron chi connectivity index (χ3n) is 3.36. The van der Waals surface area contributed by atoms with Gasteiger partial charge < -0.3 is 10.3 Å². The van der Waals surface area contributed by atoms with Crippen LogP contribution in [-0.4, -0.2) is 21.6 Å². The third-order valence-corrected chi connectivity index (χ3v) is 4.48. The molecule has 1 heterocycles. The van der Waals surface area contributed by atoms with Crippen LogP contribution in [0.25, 0.3) is 11.3 Å². The van der Waals surface area contributed by atoms with E-state index in [-0.39, 0.29) is 5.91 Å². The Labute approximate surface area is 149 Å². The van der Waals surface area contributed by atoms with Crippen molar-refractivity contribution < 1.29 is 4.79 Å². The van der Waals surface area contributed by atoms with Crippen molar-refractivity contribution in [1.82, 2.24) is 15.3 Å². The van der Waals surface area contributed by atoms with Crippen molar-refractivity contribution in [2.75, 3.05) is 5.75 Å². The fourth-order valence-corrected chi connectivity index (χ4v) is 3.07. The second-order valence-electron chi connectivity index (χ2n) is 5.16. The van der Waals surface area contributed by atoms with Crippen LogP contribution in [0, 0.1) is 0 Å². The molecular formula is C18H16ClN3OS. The first-order chi connectivity index (χ1) is 11.7. The zero-order chi connectivity index (χ0) is 16.8. The second-order valence-corrected chi connectivity index (χ2v) is 6.56. The number of H-pyrrole nitrogens is 1. The molecule has 6 heteroatoms. The quantitative estimate of drug-likeness (QED) is 0.652. The second kappa shape index (κ2) is 8.04. The van der Waals surface area contributed by atoms with Crippen LogP contribution >= 0.6 is 23.4 Å². The smallest absolute Gasteiger partial charge is 0.230 e. The Morgan fingerprint density at radius 3 is 2.79 bits per heavy atom. The normalized spacial score (nSPS) is 10.5. The summed E-state index contributed by atoms with van der Waals surface area (Å²) >= 11 is 7.30. The van der Waals surface area contributed by atoms with E-state index in [0.717, 1.165) is 22.0 Å². The van der Waals surface area contributed by atoms with Gasteiger partial charge in [-0.25, -0.2) is 4.98 Å². The molecule has 0 aliphatic carbocycles. The fraction of sp³-hybridized carbons (Fsp3) is 0.111. The van der Waals surface area contributed by atoms with Crippen LogP contribution < -0.4 is 5.32 Å². The Kier molecular flexibility index (Phi) is 5.56. The van der Waals surface area contributed by atoms with Crippen molar-refractivity contribution in [3.05, 3.63) is 71.4 Å². The molecule has 0 fully saturated rings. The van der Waals surface area contributed by atoms with E-state index in [1.54, 1.807) is 6.20 Å². The predicted octanol–water partition coefficient (Wildman–Crippen LogP) is 4.14. The number of rotatable bonds is 6. The topological polar surface area (TPSA) is 57.8 Å². The van der Waals surface area contributed by atoms with Crippen LogP contribution in [0.4, 0.5) is 0 Å². The van der Waals surface area contributed by atoms with Crippen LogP contribution in [0.1, 0.15) is 5.56 Å². The van der Waals surface area contributed by atoms with Crippen LogP contribution in [-0.2, 0) is 11.3 Å². The number of nitrogens with one attached hydrogen (secondary N) is 2. The highest BCUT2D eigenvalue weighted by Crippen LogP contribution is 2.21. The molecule has 0 saturated heterocycles. The van der Waals surface area contributed by atoms with Crippen LogP contribution in [0.3, 0.4) is 0 Å². The predicted molar refractivity (Wildman–Crippen MR) is 98.0 cm³/mol. The summed E-state index contributed by atoms with van der Waals surface area (Å²) in [4.78, 5) is 19.5. The molecule has 0 saturated carbocycles. The van der Waals surface area contributed by atoms with Gasteiger partial charge in [-0.3, -0.25) is 4.79 Å². The average Bonchev–Trinajstić information content (AvgIpc) is 3.08. The highest BCUT2D eigenvalue weighted by molar-refractivity contribution is 7.99. The number of hydrogen-bond acceptors (Lipinski definition) is 3. The van der Waals surface area contributed by atoms with Gasteiger partial charge in [0.1, 0.15) is 0 Å². The van der Waals surface area contributed by atoms with E-state index in [1.165, 1.54) is 11.8 Å². The number of benzene rings is 2. The van der Waals surface area contributed by atoms with Crippen molar-refractivity contribution in [3.63, 3.8) is 0 Å². The average molecular weight is 358 g/mol. The SMILES string of the molecule is O=C(CSc1ncc(-c2ccccc2)[nH]1)NCc1cccc(Cl)c1. The van der Waals surface area contributed by atoms with E-state index < -0.39 is 0 Å². The number of nitrogens with zero attached hydrogens (tertiary/aromatic N) is 1. The number of halogens is 1. The Morgan fingerprint density at radius 2 is 2.00 bits per heavy atom. The molecule has 2 N–H and O–H groups in total. The molecule has 4 nitrogen and oxygen atoms in total. The van der Waals surface area contributed by atoms with Gasteiger partial charge in [0.25, 0.3) is 0 Å². The van der Waals surface area contributed by atoms with Crippen molar-refractivity contribution in [2.24, 2.45) is 0 Å². The van der Waals surface area contributed by atoms with Gasteiger partial charge in [-0.15, -0.1) is 0 Å². The molecule has 3 aromatic rings. The largest absolute Gasteiger partial charge is 0.351 e. The van der Waals surface area contributed by atoms with Crippen molar-refractivity contribution >= 4 is 29.3 Å². The lowest BCUT2D eigenvalue weighted by Gasteiger charge is -2.05. The number of imidazole rings is 1. The minimum absolute atomic E-state index is 0.0439. The van der Waals surface area contributed by atoms with E-state index >= 15 is 0 Å². The van der Waals surface area contributed by atoms with Gasteiger partial charge in [0.15, 0.2) is 5.16 Å². The molecule has 0 aliphatic rings. The van der Waals surface area contributed by atoms with Gasteiger partial charge in [0.2, 0.25) is 5.91 Å². The lowest BCUT2D eigenvalue weighted by molar-refractivity contribution is -0.118. The number of carbonyl (C=O) groups excluding carboxylic acids is 1. The zero-order valence-electron chi connectivity index (χ0n) is 12.8. The number of hydrogen-bond donors (Lipinski definition) is 2. The summed E-state index contributed by atoms with van der Waals surface area (Å²) in [5.74, 6) is 0.264. The van der Waals surface area contributed by atoms with Gasteiger partial charge in [-0.05, 0) is 23.3 Å². The molecule has 24 heavy (non-hydrogen) atoms. The van der Waals surface area contributed by atoms with Crippen LogP contribution in [0.15, 0.2) is 66.0 Å². The first kappa shape index (κ1) is 16.6. The minimum atomic E-state index is -0.0439. The molecule has 0 atom stereocenters. The van der Waals surface area contributed by atoms with E-state index in [2.05, 4.69) is 15.3 Å². The van der Waals surface area contributed by atoms with Crippen molar-refractivity contribution in [2.45, 2.75) is 11.7 Å². The Bertz CT molecular complexity index is 820. The maximum Gasteiger partial charge on any atom is 0.230 e. The summed E-state index contributed by atoms with van der Waals surface area (Å²) in [6.07, 6.45) is 1.78. The highest BCUT2D eigenvalue weighted by Gasteiger charge is 2.07. The number of carbonyl (C=O) groups is 1. The van der Waals surface area contributed by atoms with Gasteiger partial charge in [0, 0.05) is 11.6 Å². The maximum absolute atomic E-state index is 11.9. The summed E-state index contributed by atoms with van der Waals surface area (Å²) in [7, 11) is 0. The molecule has 2 aromatic carbocycles. The first-order valence-corrected chi connectivity index (χ1v) is 8.81. The van der Waals surface area contributed by atoms with E-state index in [9.17, 15) is 4.79 Å². The van der Waals surface area contributed by atoms with E-state index in [1.807, 2.05) is 54.6 Å². The highest BCUT2D eigenvalue weighted by atomic mass is 35.5. The molecule has 3 rings (SSSR count). The standard InChI is InChI=1S/C18H16ClN3OS/c19-15-8-4-5-13(9-15)10-20-17(23)12-24-18-21-11-16(22-18)14-6-2-1-3-7-14/h1-9,11H,10,12H2,(H,20,23)(H,21,22). The maximum atomic E-state index is 11.9. The van der Waals surface area contributed by atoms with Gasteiger partial charge in [0.05, 0.1) is 17.6 Å². The molecule has 122 valence electrons. The van der Waals surface area contributed by atoms with Crippen LogP contribution in [0.2, 0.25) is 5.02 Å². The summed E-state index contributed by atoms with van der Waals surface area (Å²) in [6, 6.07) is 17.4. The number of aromatic amines is 1. The molecule has 0 aliphatic heterocycles. The molecule has 0 radical (unpaired) electrons. The van der Waals surface area contributed by atoms with Gasteiger partial charge >= 0.3 is 0 Å². The molecular weight excluding hydrogens is 342 g/mol. The van der Waals surface area contributed by atoms with Crippen molar-refractivity contribution in [1.29, 1.82) is 0 Å². The van der Waals surface area contributed by atoms with Crippen molar-refractivity contribution in [3.8, 4) is 11.3 Å². The summed E-state index contributed by atoms with van der Waals surface area (Å²) in [5, 5.41) is 4.27. The number of amides is 1. The van der Waals surface area contributed by atoms with Gasteiger partial charge in [-0.2, -0.15) is 0 Å². The van der Waals surface area contributed by atoms with E-state index in [4.69, 9.17) is 11.6 Å². The first-order valence-electron chi connectivity index (χ1n) is 7.45. The lowest BCUT2D eigenvalue weighted by Crippen LogP contribution is -2.24. The zero-order valence-corrected chi connectivity index (χ0v) is 14.4. The lowest BCUT2D eigenvalue weighted by atomic mass is 10.2. The van der Waals surface area contributed by atoms with Gasteiger partial charge in [-0.1, -0.05) is 65.8 Å². The summed E-state index contributed by atoms with van der Waals surface area (Å²) in [6.45, 7) is 0.466. The molecule has 0 unspecified atom stereocenters. The van der Waals surface area contributed by atoms with Crippen LogP contribution in [0.5, 0.6) is 0 Å².